The Labute approximate surface area is 180 Å². The fourth-order valence-corrected chi connectivity index (χ4v) is 4.12. The normalized spacial score (nSPS) is 11.3. The van der Waals surface area contributed by atoms with Gasteiger partial charge in [0.2, 0.25) is 5.13 Å². The first-order valence-electron chi connectivity index (χ1n) is 10.7. The van der Waals surface area contributed by atoms with Crippen molar-refractivity contribution in [1.82, 2.24) is 20.0 Å². The number of aromatic nitrogens is 4. The van der Waals surface area contributed by atoms with Gasteiger partial charge < -0.3 is 0 Å². The maximum atomic E-state index is 12.9. The van der Waals surface area contributed by atoms with Gasteiger partial charge >= 0.3 is 0 Å². The summed E-state index contributed by atoms with van der Waals surface area (Å²) in [7, 11) is 0. The van der Waals surface area contributed by atoms with Crippen LogP contribution in [0, 0.1) is 0 Å². The average molecular weight is 428 g/mol. The van der Waals surface area contributed by atoms with Gasteiger partial charge in [-0.05, 0) is 26.3 Å². The second-order valence-electron chi connectivity index (χ2n) is 7.71. The van der Waals surface area contributed by atoms with E-state index in [2.05, 4.69) is 27.5 Å². The lowest BCUT2D eigenvalue weighted by atomic mass is 10.1. The van der Waals surface area contributed by atoms with Crippen molar-refractivity contribution in [1.29, 1.82) is 0 Å². The summed E-state index contributed by atoms with van der Waals surface area (Å²) < 4.78 is 1.35. The molecule has 0 spiro atoms. The van der Waals surface area contributed by atoms with Gasteiger partial charge in [0.15, 0.2) is 5.69 Å². The quantitative estimate of drug-likeness (QED) is 0.461. The smallest absolute Gasteiger partial charge is 0.278 e. The van der Waals surface area contributed by atoms with Gasteiger partial charge in [0, 0.05) is 11.8 Å². The number of anilines is 1. The first kappa shape index (κ1) is 22.1. The predicted molar refractivity (Wildman–Crippen MR) is 121 cm³/mol. The van der Waals surface area contributed by atoms with Gasteiger partial charge in [0.1, 0.15) is 5.01 Å². The highest BCUT2D eigenvalue weighted by Crippen LogP contribution is 2.20. The summed E-state index contributed by atoms with van der Waals surface area (Å²) in [6.45, 7) is 5.95. The van der Waals surface area contributed by atoms with Gasteiger partial charge in [-0.25, -0.2) is 4.68 Å². The Balaban J connectivity index is 1.71. The highest BCUT2D eigenvalue weighted by Gasteiger charge is 2.19. The molecule has 0 unspecified atom stereocenters. The molecule has 3 aromatic rings. The standard InChI is InChI=1S/C22H29N5O2S/c1-4-5-6-7-8-9-14-18-24-25-22(30-18)23-20(28)19-16-12-10-11-13-17(16)21(29)27(26-19)15(2)3/h10-13,15H,4-9,14H2,1-3H3,(H,23,25,28). The Hall–Kier alpha value is -2.61. The summed E-state index contributed by atoms with van der Waals surface area (Å²) in [5.41, 5.74) is 0.0147. The van der Waals surface area contributed by atoms with Crippen molar-refractivity contribution in [3.05, 3.63) is 45.3 Å². The molecule has 7 nitrogen and oxygen atoms in total. The van der Waals surface area contributed by atoms with Crippen molar-refractivity contribution >= 4 is 33.1 Å². The fourth-order valence-electron chi connectivity index (χ4n) is 3.34. The second kappa shape index (κ2) is 10.4. The molecule has 2 heterocycles. The first-order chi connectivity index (χ1) is 14.5. The van der Waals surface area contributed by atoms with Crippen LogP contribution in [0.4, 0.5) is 5.13 Å². The summed E-state index contributed by atoms with van der Waals surface area (Å²) >= 11 is 1.39. The van der Waals surface area contributed by atoms with Crippen LogP contribution < -0.4 is 10.9 Å². The largest absolute Gasteiger partial charge is 0.295 e. The topological polar surface area (TPSA) is 89.8 Å². The lowest BCUT2D eigenvalue weighted by Crippen LogP contribution is -2.28. The van der Waals surface area contributed by atoms with Crippen LogP contribution in [-0.2, 0) is 6.42 Å². The number of amides is 1. The molecular weight excluding hydrogens is 398 g/mol. The molecule has 0 aliphatic carbocycles. The number of benzene rings is 1. The summed E-state index contributed by atoms with van der Waals surface area (Å²) in [6, 6.07) is 6.89. The van der Waals surface area contributed by atoms with Gasteiger partial charge in [-0.15, -0.1) is 10.2 Å². The molecule has 2 aromatic heterocycles. The minimum Gasteiger partial charge on any atom is -0.295 e. The Kier molecular flexibility index (Phi) is 7.68. The van der Waals surface area contributed by atoms with E-state index in [1.54, 1.807) is 24.3 Å². The van der Waals surface area contributed by atoms with E-state index >= 15 is 0 Å². The summed E-state index contributed by atoms with van der Waals surface area (Å²) in [6.07, 6.45) is 8.22. The number of nitrogens with one attached hydrogen (secondary N) is 1. The molecule has 0 atom stereocenters. The zero-order valence-corrected chi connectivity index (χ0v) is 18.7. The molecule has 160 valence electrons. The third kappa shape index (κ3) is 5.30. The third-order valence-electron chi connectivity index (χ3n) is 4.96. The predicted octanol–water partition coefficient (Wildman–Crippen LogP) is 4.98. The monoisotopic (exact) mass is 427 g/mol. The van der Waals surface area contributed by atoms with Crippen molar-refractivity contribution < 1.29 is 4.79 Å². The van der Waals surface area contributed by atoms with E-state index in [1.165, 1.54) is 48.1 Å². The van der Waals surface area contributed by atoms with Crippen LogP contribution in [-0.4, -0.2) is 25.9 Å². The maximum Gasteiger partial charge on any atom is 0.278 e. The van der Waals surface area contributed by atoms with Crippen molar-refractivity contribution in [3.8, 4) is 0 Å². The van der Waals surface area contributed by atoms with Gasteiger partial charge in [0.25, 0.3) is 11.5 Å². The molecule has 1 N–H and O–H groups in total. The van der Waals surface area contributed by atoms with E-state index in [0.717, 1.165) is 17.8 Å². The molecule has 8 heteroatoms. The maximum absolute atomic E-state index is 12.9. The number of hydrogen-bond acceptors (Lipinski definition) is 6. The van der Waals surface area contributed by atoms with Crippen LogP contribution in [0.5, 0.6) is 0 Å². The molecule has 0 saturated heterocycles. The Morgan fingerprint density at radius 2 is 1.77 bits per heavy atom. The Morgan fingerprint density at radius 3 is 2.50 bits per heavy atom. The number of carbonyl (C=O) groups excluding carboxylic acids is 1. The van der Waals surface area contributed by atoms with Gasteiger partial charge in [-0.2, -0.15) is 5.10 Å². The Morgan fingerprint density at radius 1 is 1.07 bits per heavy atom. The second-order valence-corrected chi connectivity index (χ2v) is 8.77. The lowest BCUT2D eigenvalue weighted by Gasteiger charge is -2.12. The van der Waals surface area contributed by atoms with Gasteiger partial charge in [0.05, 0.1) is 11.4 Å². The Bertz CT molecular complexity index is 1060. The molecule has 0 aliphatic heterocycles. The van der Waals surface area contributed by atoms with E-state index in [-0.39, 0.29) is 23.2 Å². The summed E-state index contributed by atoms with van der Waals surface area (Å²) in [5, 5.41) is 17.8. The van der Waals surface area contributed by atoms with Crippen molar-refractivity contribution in [2.75, 3.05) is 5.32 Å². The number of carbonyl (C=O) groups is 1. The molecule has 0 radical (unpaired) electrons. The van der Waals surface area contributed by atoms with E-state index < -0.39 is 0 Å². The number of fused-ring (bicyclic) bond motifs is 1. The first-order valence-corrected chi connectivity index (χ1v) is 11.5. The molecule has 3 rings (SSSR count). The minimum absolute atomic E-state index is 0.154. The number of aryl methyl sites for hydroxylation is 1. The number of rotatable bonds is 10. The molecular formula is C22H29N5O2S. The average Bonchev–Trinajstić information content (AvgIpc) is 3.18. The van der Waals surface area contributed by atoms with Crippen molar-refractivity contribution in [3.63, 3.8) is 0 Å². The number of hydrogen-bond donors (Lipinski definition) is 1. The number of nitrogens with zero attached hydrogens (tertiary/aromatic N) is 4. The summed E-state index contributed by atoms with van der Waals surface area (Å²) in [5.74, 6) is -0.386. The van der Waals surface area contributed by atoms with Crippen LogP contribution in [0.3, 0.4) is 0 Å². The van der Waals surface area contributed by atoms with Crippen LogP contribution in [0.15, 0.2) is 29.1 Å². The van der Waals surface area contributed by atoms with Crippen molar-refractivity contribution in [2.45, 2.75) is 71.8 Å². The SMILES string of the molecule is CCCCCCCCc1nnc(NC(=O)c2nn(C(C)C)c(=O)c3ccccc23)s1. The molecule has 30 heavy (non-hydrogen) atoms. The minimum atomic E-state index is -0.386. The molecule has 0 aliphatic rings. The van der Waals surface area contributed by atoms with Crippen LogP contribution >= 0.6 is 11.3 Å². The molecule has 1 amide bonds. The zero-order chi connectivity index (χ0) is 21.5. The van der Waals surface area contributed by atoms with E-state index in [9.17, 15) is 9.59 Å². The molecule has 0 saturated carbocycles. The van der Waals surface area contributed by atoms with E-state index in [0.29, 0.717) is 15.9 Å². The third-order valence-corrected chi connectivity index (χ3v) is 5.86. The molecule has 0 bridgehead atoms. The highest BCUT2D eigenvalue weighted by atomic mass is 32.1. The van der Waals surface area contributed by atoms with Crippen LogP contribution in [0.2, 0.25) is 0 Å². The lowest BCUT2D eigenvalue weighted by molar-refractivity contribution is 0.102. The number of unbranched alkanes of at least 4 members (excludes halogenated alkanes) is 5. The summed E-state index contributed by atoms with van der Waals surface area (Å²) in [4.78, 5) is 25.6. The van der Waals surface area contributed by atoms with Crippen molar-refractivity contribution in [2.24, 2.45) is 0 Å². The van der Waals surface area contributed by atoms with Crippen LogP contribution in [0.25, 0.3) is 10.8 Å². The van der Waals surface area contributed by atoms with Crippen LogP contribution in [0.1, 0.15) is 80.8 Å². The van der Waals surface area contributed by atoms with E-state index in [1.807, 2.05) is 13.8 Å². The van der Waals surface area contributed by atoms with Gasteiger partial charge in [-0.3, -0.25) is 14.9 Å². The molecule has 1 aromatic carbocycles. The fraction of sp³-hybridized carbons (Fsp3) is 0.500. The van der Waals surface area contributed by atoms with E-state index in [4.69, 9.17) is 0 Å². The zero-order valence-electron chi connectivity index (χ0n) is 17.9. The highest BCUT2D eigenvalue weighted by molar-refractivity contribution is 7.15. The van der Waals surface area contributed by atoms with Gasteiger partial charge in [-0.1, -0.05) is 68.6 Å². The molecule has 0 fully saturated rings.